The molecule has 0 aromatic heterocycles. The number of hydrogen-bond acceptors (Lipinski definition) is 6. The maximum Gasteiger partial charge on any atom is 0.340 e. The summed E-state index contributed by atoms with van der Waals surface area (Å²) in [5.41, 5.74) is 4.09. The number of rotatable bonds is 6. The molecule has 0 saturated carbocycles. The van der Waals surface area contributed by atoms with Gasteiger partial charge in [-0.1, -0.05) is 54.6 Å². The number of nitrogens with one attached hydrogen (secondary N) is 1. The molecule has 45 heavy (non-hydrogen) atoms. The average Bonchev–Trinajstić information content (AvgIpc) is 3.37. The zero-order valence-electron chi connectivity index (χ0n) is 24.7. The van der Waals surface area contributed by atoms with Gasteiger partial charge in [0, 0.05) is 41.2 Å². The fourth-order valence-corrected chi connectivity index (χ4v) is 6.04. The Kier molecular flexibility index (Phi) is 6.82. The fourth-order valence-electron chi connectivity index (χ4n) is 6.04. The van der Waals surface area contributed by atoms with E-state index in [9.17, 15) is 14.4 Å². The maximum atomic E-state index is 13.5. The largest absolute Gasteiger partial charge is 0.456 e. The highest BCUT2D eigenvalue weighted by Crippen LogP contribution is 2.57. The highest BCUT2D eigenvalue weighted by molar-refractivity contribution is 6.01. The van der Waals surface area contributed by atoms with Crippen LogP contribution in [0, 0.1) is 0 Å². The standard InChI is InChI=1S/C37H29N3O5/c1-24(41)23-38-36(43)40(26-13-7-4-8-14-26)28-18-20-33-32(21-28)37(30-16-10-9-15-29(30)35(42)45-37)31-19-17-27(22-34(31)44-33)39(2)25-11-5-3-6-12-25/h3-22H,23H2,1-2H3,(H,38,43). The van der Waals surface area contributed by atoms with Crippen molar-refractivity contribution in [3.8, 4) is 11.5 Å². The van der Waals surface area contributed by atoms with E-state index in [0.717, 1.165) is 11.4 Å². The zero-order chi connectivity index (χ0) is 31.1. The van der Waals surface area contributed by atoms with Gasteiger partial charge >= 0.3 is 12.0 Å². The van der Waals surface area contributed by atoms with Gasteiger partial charge in [0.05, 0.1) is 23.5 Å². The van der Waals surface area contributed by atoms with Crippen molar-refractivity contribution in [2.24, 2.45) is 0 Å². The van der Waals surface area contributed by atoms with Crippen molar-refractivity contribution in [3.05, 3.63) is 144 Å². The monoisotopic (exact) mass is 595 g/mol. The number of esters is 1. The lowest BCUT2D eigenvalue weighted by Crippen LogP contribution is -2.39. The molecule has 1 spiro atoms. The molecule has 1 unspecified atom stereocenters. The van der Waals surface area contributed by atoms with Crippen LogP contribution in [-0.2, 0) is 15.1 Å². The first-order valence-electron chi connectivity index (χ1n) is 14.6. The van der Waals surface area contributed by atoms with Gasteiger partial charge in [-0.25, -0.2) is 9.59 Å². The molecule has 2 aliphatic rings. The van der Waals surface area contributed by atoms with Gasteiger partial charge in [-0.2, -0.15) is 0 Å². The lowest BCUT2D eigenvalue weighted by atomic mass is 9.77. The Morgan fingerprint density at radius 3 is 2.09 bits per heavy atom. The summed E-state index contributed by atoms with van der Waals surface area (Å²) in [6, 6.07) is 37.2. The SMILES string of the molecule is CC(=O)CNC(=O)N(c1ccccc1)c1ccc2c(c1)C1(OC(=O)c3ccccc31)c1ccc(N(C)c3ccccc3)cc1O2. The third-order valence-electron chi connectivity index (χ3n) is 8.17. The lowest BCUT2D eigenvalue weighted by molar-refractivity contribution is -0.116. The van der Waals surface area contributed by atoms with Crippen molar-refractivity contribution in [1.29, 1.82) is 0 Å². The van der Waals surface area contributed by atoms with Crippen molar-refractivity contribution in [3.63, 3.8) is 0 Å². The van der Waals surface area contributed by atoms with Gasteiger partial charge in [0.25, 0.3) is 0 Å². The van der Waals surface area contributed by atoms with Gasteiger partial charge in [-0.3, -0.25) is 9.69 Å². The molecule has 1 atom stereocenters. The summed E-state index contributed by atoms with van der Waals surface area (Å²) in [5, 5.41) is 2.71. The molecular weight excluding hydrogens is 566 g/mol. The number of fused-ring (bicyclic) bond motifs is 6. The van der Waals surface area contributed by atoms with Crippen LogP contribution in [0.25, 0.3) is 0 Å². The van der Waals surface area contributed by atoms with E-state index in [4.69, 9.17) is 9.47 Å². The first-order chi connectivity index (χ1) is 21.9. The predicted molar refractivity (Wildman–Crippen MR) is 172 cm³/mol. The summed E-state index contributed by atoms with van der Waals surface area (Å²) in [6.07, 6.45) is 0. The van der Waals surface area contributed by atoms with Crippen LogP contribution in [0.5, 0.6) is 11.5 Å². The lowest BCUT2D eigenvalue weighted by Gasteiger charge is -2.38. The summed E-state index contributed by atoms with van der Waals surface area (Å²) in [6.45, 7) is 1.30. The molecule has 2 aliphatic heterocycles. The van der Waals surface area contributed by atoms with E-state index < -0.39 is 17.6 Å². The molecule has 7 rings (SSSR count). The van der Waals surface area contributed by atoms with Crippen LogP contribution in [0.4, 0.5) is 27.5 Å². The molecule has 5 aromatic rings. The van der Waals surface area contributed by atoms with Crippen molar-refractivity contribution in [2.45, 2.75) is 12.5 Å². The second-order valence-corrected chi connectivity index (χ2v) is 11.0. The number of para-hydroxylation sites is 2. The average molecular weight is 596 g/mol. The second kappa shape index (κ2) is 11.0. The topological polar surface area (TPSA) is 88.2 Å². The molecule has 0 fully saturated rings. The Bertz CT molecular complexity index is 1960. The maximum absolute atomic E-state index is 13.5. The Hall–Kier alpha value is -5.89. The van der Waals surface area contributed by atoms with Gasteiger partial charge in [0.1, 0.15) is 17.3 Å². The molecular formula is C37H29N3O5. The number of urea groups is 1. The Balaban J connectivity index is 1.40. The second-order valence-electron chi connectivity index (χ2n) is 11.0. The number of ketones is 1. The first kappa shape index (κ1) is 27.9. The molecule has 8 nitrogen and oxygen atoms in total. The van der Waals surface area contributed by atoms with E-state index in [1.54, 1.807) is 18.2 Å². The number of amides is 2. The number of carbonyl (C=O) groups is 3. The molecule has 2 amide bonds. The van der Waals surface area contributed by atoms with E-state index >= 15 is 0 Å². The summed E-state index contributed by atoms with van der Waals surface area (Å²) in [7, 11) is 1.98. The number of hydrogen-bond donors (Lipinski definition) is 1. The normalized spacial score (nSPS) is 15.6. The van der Waals surface area contributed by atoms with E-state index in [1.807, 2.05) is 110 Å². The molecule has 0 saturated heterocycles. The van der Waals surface area contributed by atoms with Crippen LogP contribution < -0.4 is 19.9 Å². The number of benzene rings is 5. The van der Waals surface area contributed by atoms with Crippen molar-refractivity contribution < 1.29 is 23.9 Å². The molecule has 5 aromatic carbocycles. The predicted octanol–water partition coefficient (Wildman–Crippen LogP) is 7.46. The number of anilines is 4. The molecule has 0 bridgehead atoms. The molecule has 2 heterocycles. The van der Waals surface area contributed by atoms with Crippen LogP contribution in [0.2, 0.25) is 0 Å². The molecule has 0 aliphatic carbocycles. The molecule has 1 N–H and O–H groups in total. The molecule has 222 valence electrons. The number of carbonyl (C=O) groups excluding carboxylic acids is 3. The van der Waals surface area contributed by atoms with Crippen LogP contribution in [-0.4, -0.2) is 31.4 Å². The summed E-state index contributed by atoms with van der Waals surface area (Å²) in [5.74, 6) is 0.434. The van der Waals surface area contributed by atoms with Gasteiger partial charge in [0.2, 0.25) is 0 Å². The Morgan fingerprint density at radius 1 is 0.689 bits per heavy atom. The smallest absolute Gasteiger partial charge is 0.340 e. The first-order valence-corrected chi connectivity index (χ1v) is 14.6. The number of nitrogens with zero attached hydrogens (tertiary/aromatic N) is 2. The van der Waals surface area contributed by atoms with Gasteiger partial charge in [0.15, 0.2) is 5.60 Å². The van der Waals surface area contributed by atoms with Gasteiger partial charge in [-0.15, -0.1) is 0 Å². The zero-order valence-corrected chi connectivity index (χ0v) is 24.7. The van der Waals surface area contributed by atoms with Crippen LogP contribution in [0.3, 0.4) is 0 Å². The molecule has 0 radical (unpaired) electrons. The Labute approximate surface area is 260 Å². The van der Waals surface area contributed by atoms with E-state index in [2.05, 4.69) is 10.2 Å². The van der Waals surface area contributed by atoms with E-state index in [0.29, 0.717) is 45.1 Å². The Morgan fingerprint density at radius 2 is 1.36 bits per heavy atom. The van der Waals surface area contributed by atoms with Crippen molar-refractivity contribution in [1.82, 2.24) is 5.32 Å². The minimum atomic E-state index is -1.32. The third-order valence-corrected chi connectivity index (χ3v) is 8.17. The van der Waals surface area contributed by atoms with E-state index in [1.165, 1.54) is 11.8 Å². The third kappa shape index (κ3) is 4.67. The van der Waals surface area contributed by atoms with Crippen LogP contribution >= 0.6 is 0 Å². The van der Waals surface area contributed by atoms with E-state index in [-0.39, 0.29) is 12.3 Å². The summed E-state index contributed by atoms with van der Waals surface area (Å²) in [4.78, 5) is 42.2. The summed E-state index contributed by atoms with van der Waals surface area (Å²) < 4.78 is 12.9. The highest BCUT2D eigenvalue weighted by Gasteiger charge is 2.53. The quantitative estimate of drug-likeness (QED) is 0.205. The number of Topliss-reactive ketones (excluding diaryl/α,β-unsaturated/α-hetero) is 1. The summed E-state index contributed by atoms with van der Waals surface area (Å²) >= 11 is 0. The van der Waals surface area contributed by atoms with Gasteiger partial charge in [-0.05, 0) is 67.6 Å². The van der Waals surface area contributed by atoms with Crippen molar-refractivity contribution in [2.75, 3.05) is 23.4 Å². The minimum absolute atomic E-state index is 0.113. The molecule has 8 heteroatoms. The number of ether oxygens (including phenoxy) is 2. The van der Waals surface area contributed by atoms with Crippen molar-refractivity contribution >= 4 is 40.5 Å². The van der Waals surface area contributed by atoms with Gasteiger partial charge < -0.3 is 19.7 Å². The highest BCUT2D eigenvalue weighted by atomic mass is 16.6. The fraction of sp³-hybridized carbons (Fsp3) is 0.108. The van der Waals surface area contributed by atoms with Crippen LogP contribution in [0.15, 0.2) is 121 Å². The van der Waals surface area contributed by atoms with Crippen LogP contribution in [0.1, 0.15) is 34.0 Å². The minimum Gasteiger partial charge on any atom is -0.456 e.